The zero-order chi connectivity index (χ0) is 13.5. The lowest BCUT2D eigenvalue weighted by Crippen LogP contribution is -2.21. The Bertz CT molecular complexity index is 448. The van der Waals surface area contributed by atoms with Crippen LogP contribution in [0.1, 0.15) is 32.0 Å². The van der Waals surface area contributed by atoms with E-state index in [1.807, 2.05) is 6.92 Å². The van der Waals surface area contributed by atoms with Crippen LogP contribution in [0.5, 0.6) is 0 Å². The molecule has 0 aromatic carbocycles. The van der Waals surface area contributed by atoms with Crippen molar-refractivity contribution in [2.75, 3.05) is 6.61 Å². The SMILES string of the molecule is CCOC(=O)C(CC)n1cccc1/C=C/C(=O)O. The number of nitrogens with zero attached hydrogens (tertiary/aromatic N) is 1. The second-order valence-electron chi connectivity index (χ2n) is 3.69. The van der Waals surface area contributed by atoms with Crippen molar-refractivity contribution < 1.29 is 19.4 Å². The van der Waals surface area contributed by atoms with E-state index in [4.69, 9.17) is 9.84 Å². The van der Waals surface area contributed by atoms with Gasteiger partial charge in [-0.15, -0.1) is 0 Å². The van der Waals surface area contributed by atoms with Gasteiger partial charge in [0.1, 0.15) is 6.04 Å². The summed E-state index contributed by atoms with van der Waals surface area (Å²) in [5, 5.41) is 8.60. The molecule has 18 heavy (non-hydrogen) atoms. The Hall–Kier alpha value is -2.04. The minimum Gasteiger partial charge on any atom is -0.478 e. The van der Waals surface area contributed by atoms with Crippen LogP contribution in [0, 0.1) is 0 Å². The maximum atomic E-state index is 11.8. The van der Waals surface area contributed by atoms with Crippen LogP contribution in [0.15, 0.2) is 24.4 Å². The molecule has 5 heteroatoms. The summed E-state index contributed by atoms with van der Waals surface area (Å²) in [5.74, 6) is -1.33. The number of hydrogen-bond acceptors (Lipinski definition) is 3. The molecule has 0 amide bonds. The molecular formula is C13H17NO4. The Morgan fingerprint density at radius 2 is 2.22 bits per heavy atom. The number of aliphatic carboxylic acids is 1. The summed E-state index contributed by atoms with van der Waals surface area (Å²) in [6.45, 7) is 3.97. The minimum atomic E-state index is -1.02. The van der Waals surface area contributed by atoms with Crippen LogP contribution in [0.4, 0.5) is 0 Å². The molecule has 1 aromatic rings. The molecule has 0 aliphatic heterocycles. The first-order valence-corrected chi connectivity index (χ1v) is 5.84. The Balaban J connectivity index is 2.96. The predicted molar refractivity (Wildman–Crippen MR) is 67.1 cm³/mol. The molecular weight excluding hydrogens is 234 g/mol. The molecule has 5 nitrogen and oxygen atoms in total. The third-order valence-corrected chi connectivity index (χ3v) is 2.49. The van der Waals surface area contributed by atoms with Crippen molar-refractivity contribution in [3.05, 3.63) is 30.1 Å². The fraction of sp³-hybridized carbons (Fsp3) is 0.385. The molecule has 1 rings (SSSR count). The molecule has 0 aliphatic rings. The number of carbonyl (C=O) groups excluding carboxylic acids is 1. The maximum Gasteiger partial charge on any atom is 0.329 e. The van der Waals surface area contributed by atoms with Gasteiger partial charge in [-0.1, -0.05) is 6.92 Å². The Kier molecular flexibility index (Phi) is 5.17. The van der Waals surface area contributed by atoms with Crippen LogP contribution in [0.25, 0.3) is 6.08 Å². The van der Waals surface area contributed by atoms with Crippen LogP contribution in [-0.2, 0) is 14.3 Å². The van der Waals surface area contributed by atoms with E-state index in [0.717, 1.165) is 6.08 Å². The fourth-order valence-electron chi connectivity index (χ4n) is 1.70. The second kappa shape index (κ2) is 6.64. The molecule has 1 atom stereocenters. The summed E-state index contributed by atoms with van der Waals surface area (Å²) in [7, 11) is 0. The molecule has 0 radical (unpaired) electrons. The second-order valence-corrected chi connectivity index (χ2v) is 3.69. The lowest BCUT2D eigenvalue weighted by atomic mass is 10.2. The average Bonchev–Trinajstić information content (AvgIpc) is 2.76. The van der Waals surface area contributed by atoms with E-state index < -0.39 is 12.0 Å². The number of carboxylic acids is 1. The first-order chi connectivity index (χ1) is 8.60. The van der Waals surface area contributed by atoms with Gasteiger partial charge in [0.2, 0.25) is 0 Å². The number of esters is 1. The molecule has 1 aromatic heterocycles. The van der Waals surface area contributed by atoms with Gasteiger partial charge >= 0.3 is 11.9 Å². The highest BCUT2D eigenvalue weighted by atomic mass is 16.5. The smallest absolute Gasteiger partial charge is 0.329 e. The van der Waals surface area contributed by atoms with Crippen molar-refractivity contribution in [3.8, 4) is 0 Å². The Morgan fingerprint density at radius 1 is 1.50 bits per heavy atom. The van der Waals surface area contributed by atoms with Gasteiger partial charge in [0.25, 0.3) is 0 Å². The number of carbonyl (C=O) groups is 2. The van der Waals surface area contributed by atoms with Gasteiger partial charge in [-0.05, 0) is 31.6 Å². The molecule has 0 spiro atoms. The Morgan fingerprint density at radius 3 is 2.78 bits per heavy atom. The summed E-state index contributed by atoms with van der Waals surface area (Å²) >= 11 is 0. The summed E-state index contributed by atoms with van der Waals surface area (Å²) in [4.78, 5) is 22.3. The third-order valence-electron chi connectivity index (χ3n) is 2.49. The summed E-state index contributed by atoms with van der Waals surface area (Å²) in [6.07, 6.45) is 4.84. The van der Waals surface area contributed by atoms with Crippen molar-refractivity contribution in [2.45, 2.75) is 26.3 Å². The van der Waals surface area contributed by atoms with E-state index in [1.165, 1.54) is 6.08 Å². The van der Waals surface area contributed by atoms with Crippen molar-refractivity contribution >= 4 is 18.0 Å². The van der Waals surface area contributed by atoms with E-state index >= 15 is 0 Å². The van der Waals surface area contributed by atoms with Crippen LogP contribution in [-0.4, -0.2) is 28.2 Å². The first kappa shape index (κ1) is 14.0. The highest BCUT2D eigenvalue weighted by Crippen LogP contribution is 2.18. The number of ether oxygens (including phenoxy) is 1. The number of carboxylic acid groups (broad SMARTS) is 1. The molecule has 0 fully saturated rings. The molecule has 1 unspecified atom stereocenters. The van der Waals surface area contributed by atoms with E-state index in [1.54, 1.807) is 29.8 Å². The van der Waals surface area contributed by atoms with Gasteiger partial charge in [-0.25, -0.2) is 9.59 Å². The number of aromatic nitrogens is 1. The number of rotatable bonds is 6. The van der Waals surface area contributed by atoms with Gasteiger partial charge in [0.05, 0.1) is 6.61 Å². The molecule has 0 bridgehead atoms. The molecule has 0 saturated heterocycles. The van der Waals surface area contributed by atoms with Crippen molar-refractivity contribution in [3.63, 3.8) is 0 Å². The lowest BCUT2D eigenvalue weighted by Gasteiger charge is -2.17. The predicted octanol–water partition coefficient (Wildman–Crippen LogP) is 2.10. The van der Waals surface area contributed by atoms with E-state index in [9.17, 15) is 9.59 Å². The monoisotopic (exact) mass is 251 g/mol. The van der Waals surface area contributed by atoms with E-state index in [-0.39, 0.29) is 5.97 Å². The summed E-state index contributed by atoms with van der Waals surface area (Å²) < 4.78 is 6.72. The molecule has 0 aliphatic carbocycles. The fourth-order valence-corrected chi connectivity index (χ4v) is 1.70. The summed E-state index contributed by atoms with van der Waals surface area (Å²) in [6, 6.07) is 3.10. The van der Waals surface area contributed by atoms with E-state index in [2.05, 4.69) is 0 Å². The number of hydrogen-bond donors (Lipinski definition) is 1. The van der Waals surface area contributed by atoms with Crippen molar-refractivity contribution in [1.29, 1.82) is 0 Å². The Labute approximate surface area is 106 Å². The van der Waals surface area contributed by atoms with E-state index in [0.29, 0.717) is 18.7 Å². The van der Waals surface area contributed by atoms with Gasteiger partial charge in [0.15, 0.2) is 0 Å². The standard InChI is InChI=1S/C13H17NO4/c1-3-11(13(17)18-4-2)14-9-5-6-10(14)7-8-12(15)16/h5-9,11H,3-4H2,1-2H3,(H,15,16)/b8-7+. The van der Waals surface area contributed by atoms with Gasteiger partial charge in [0, 0.05) is 18.0 Å². The van der Waals surface area contributed by atoms with Gasteiger partial charge < -0.3 is 14.4 Å². The molecule has 0 saturated carbocycles. The quantitative estimate of drug-likeness (QED) is 0.621. The molecule has 1 N–H and O–H groups in total. The van der Waals surface area contributed by atoms with Gasteiger partial charge in [-0.2, -0.15) is 0 Å². The maximum absolute atomic E-state index is 11.8. The highest BCUT2D eigenvalue weighted by molar-refractivity contribution is 5.85. The molecule has 1 heterocycles. The van der Waals surface area contributed by atoms with Crippen molar-refractivity contribution in [1.82, 2.24) is 4.57 Å². The van der Waals surface area contributed by atoms with Crippen LogP contribution in [0.2, 0.25) is 0 Å². The summed E-state index contributed by atoms with van der Waals surface area (Å²) in [5.41, 5.74) is 0.664. The largest absolute Gasteiger partial charge is 0.478 e. The van der Waals surface area contributed by atoms with Gasteiger partial charge in [-0.3, -0.25) is 0 Å². The van der Waals surface area contributed by atoms with Crippen LogP contribution < -0.4 is 0 Å². The minimum absolute atomic E-state index is 0.304. The lowest BCUT2D eigenvalue weighted by molar-refractivity contribution is -0.147. The zero-order valence-corrected chi connectivity index (χ0v) is 10.5. The third kappa shape index (κ3) is 3.48. The van der Waals surface area contributed by atoms with Crippen LogP contribution in [0.3, 0.4) is 0 Å². The first-order valence-electron chi connectivity index (χ1n) is 5.84. The van der Waals surface area contributed by atoms with Crippen molar-refractivity contribution in [2.24, 2.45) is 0 Å². The molecule has 98 valence electrons. The van der Waals surface area contributed by atoms with Crippen LogP contribution >= 0.6 is 0 Å². The topological polar surface area (TPSA) is 68.5 Å². The average molecular weight is 251 g/mol. The zero-order valence-electron chi connectivity index (χ0n) is 10.5. The normalized spacial score (nSPS) is 12.6. The highest BCUT2D eigenvalue weighted by Gasteiger charge is 2.20.